The van der Waals surface area contributed by atoms with Crippen molar-refractivity contribution < 1.29 is 0 Å². The zero-order valence-electron chi connectivity index (χ0n) is 13.8. The molecule has 3 N–H and O–H groups in total. The molecule has 4 nitrogen and oxygen atoms in total. The number of nitrogens with two attached hydrogens (primary N) is 1. The van der Waals surface area contributed by atoms with E-state index in [9.17, 15) is 0 Å². The summed E-state index contributed by atoms with van der Waals surface area (Å²) in [5.74, 6) is 0.918. The molecule has 1 aromatic heterocycles. The maximum absolute atomic E-state index is 6.11. The number of nitrogen functional groups attached to an aromatic ring is 1. The maximum atomic E-state index is 6.11. The van der Waals surface area contributed by atoms with Crippen LogP contribution in [0.2, 0.25) is 10.0 Å². The van der Waals surface area contributed by atoms with E-state index in [1.165, 1.54) is 5.56 Å². The Hall–Kier alpha value is -2.30. The van der Waals surface area contributed by atoms with E-state index < -0.39 is 0 Å². The molecular weight excluding hydrogens is 355 g/mol. The van der Waals surface area contributed by atoms with Crippen LogP contribution in [0, 0.1) is 6.92 Å². The monoisotopic (exact) mass is 372 g/mol. The van der Waals surface area contributed by atoms with Gasteiger partial charge in [0, 0.05) is 28.2 Å². The number of rotatable bonds is 5. The minimum Gasteiger partial charge on any atom is -0.370 e. The fourth-order valence-corrected chi connectivity index (χ4v) is 2.85. The molecule has 0 amide bonds. The highest BCUT2D eigenvalue weighted by molar-refractivity contribution is 6.31. The van der Waals surface area contributed by atoms with Crippen LogP contribution in [0.4, 0.5) is 11.8 Å². The summed E-state index contributed by atoms with van der Waals surface area (Å²) in [6, 6.07) is 15.4. The Morgan fingerprint density at radius 1 is 0.960 bits per heavy atom. The molecule has 0 spiro atoms. The molecule has 128 valence electrons. The van der Waals surface area contributed by atoms with E-state index in [1.54, 1.807) is 0 Å². The molecule has 0 aliphatic rings. The quantitative estimate of drug-likeness (QED) is 0.661. The lowest BCUT2D eigenvalue weighted by atomic mass is 10.1. The van der Waals surface area contributed by atoms with Crippen LogP contribution in [0.25, 0.3) is 11.3 Å². The minimum atomic E-state index is 0.228. The van der Waals surface area contributed by atoms with Crippen molar-refractivity contribution in [2.24, 2.45) is 0 Å². The van der Waals surface area contributed by atoms with E-state index >= 15 is 0 Å². The molecule has 0 unspecified atom stereocenters. The summed E-state index contributed by atoms with van der Waals surface area (Å²) in [4.78, 5) is 8.59. The second-order valence-electron chi connectivity index (χ2n) is 5.76. The number of aryl methyl sites for hydroxylation is 1. The fourth-order valence-electron chi connectivity index (χ4n) is 2.55. The number of aromatic nitrogens is 2. The standard InChI is InChI=1S/C19H18Cl2N4/c1-12-2-5-15(21)10-16(12)17-11-18(25-19(22)24-17)23-9-8-13-3-6-14(20)7-4-13/h2-7,10-11H,8-9H2,1H3,(H3,22,23,24,25). The third-order valence-corrected chi connectivity index (χ3v) is 4.34. The second kappa shape index (κ2) is 7.72. The van der Waals surface area contributed by atoms with E-state index in [1.807, 2.05) is 55.5 Å². The fraction of sp³-hybridized carbons (Fsp3) is 0.158. The SMILES string of the molecule is Cc1ccc(Cl)cc1-c1cc(NCCc2ccc(Cl)cc2)nc(N)n1. The van der Waals surface area contributed by atoms with Gasteiger partial charge in [-0.2, -0.15) is 4.98 Å². The van der Waals surface area contributed by atoms with Gasteiger partial charge in [0.1, 0.15) is 5.82 Å². The predicted molar refractivity (Wildman–Crippen MR) is 105 cm³/mol. The molecule has 0 atom stereocenters. The first-order valence-corrected chi connectivity index (χ1v) is 8.66. The Morgan fingerprint density at radius 3 is 2.44 bits per heavy atom. The molecule has 25 heavy (non-hydrogen) atoms. The molecule has 0 fully saturated rings. The molecule has 0 bridgehead atoms. The zero-order chi connectivity index (χ0) is 17.8. The van der Waals surface area contributed by atoms with Gasteiger partial charge < -0.3 is 11.1 Å². The van der Waals surface area contributed by atoms with E-state index in [-0.39, 0.29) is 5.95 Å². The van der Waals surface area contributed by atoms with Gasteiger partial charge in [-0.15, -0.1) is 0 Å². The number of hydrogen-bond donors (Lipinski definition) is 2. The van der Waals surface area contributed by atoms with Crippen molar-refractivity contribution >= 4 is 35.0 Å². The molecule has 0 aliphatic heterocycles. The number of nitrogens with zero attached hydrogens (tertiary/aromatic N) is 2. The van der Waals surface area contributed by atoms with Crippen molar-refractivity contribution in [1.82, 2.24) is 9.97 Å². The summed E-state index contributed by atoms with van der Waals surface area (Å²) in [6.07, 6.45) is 0.854. The minimum absolute atomic E-state index is 0.228. The summed E-state index contributed by atoms with van der Waals surface area (Å²) in [6.45, 7) is 2.74. The maximum Gasteiger partial charge on any atom is 0.222 e. The lowest BCUT2D eigenvalue weighted by Crippen LogP contribution is -2.08. The first-order valence-electron chi connectivity index (χ1n) is 7.90. The zero-order valence-corrected chi connectivity index (χ0v) is 15.3. The third-order valence-electron chi connectivity index (χ3n) is 3.85. The van der Waals surface area contributed by atoms with E-state index in [2.05, 4.69) is 15.3 Å². The van der Waals surface area contributed by atoms with Crippen LogP contribution in [0.15, 0.2) is 48.5 Å². The highest BCUT2D eigenvalue weighted by Gasteiger charge is 2.08. The van der Waals surface area contributed by atoms with Crippen LogP contribution in [0.1, 0.15) is 11.1 Å². The van der Waals surface area contributed by atoms with Crippen molar-refractivity contribution in [1.29, 1.82) is 0 Å². The summed E-state index contributed by atoms with van der Waals surface area (Å²) in [5, 5.41) is 4.70. The topological polar surface area (TPSA) is 63.8 Å². The van der Waals surface area contributed by atoms with Crippen LogP contribution < -0.4 is 11.1 Å². The number of hydrogen-bond acceptors (Lipinski definition) is 4. The molecule has 2 aromatic carbocycles. The van der Waals surface area contributed by atoms with Crippen LogP contribution in [-0.2, 0) is 6.42 Å². The molecule has 3 aromatic rings. The summed E-state index contributed by atoms with van der Waals surface area (Å²) in [5.41, 5.74) is 9.85. The van der Waals surface area contributed by atoms with Gasteiger partial charge in [0.2, 0.25) is 5.95 Å². The van der Waals surface area contributed by atoms with Gasteiger partial charge in [-0.1, -0.05) is 41.4 Å². The van der Waals surface area contributed by atoms with Gasteiger partial charge in [0.25, 0.3) is 0 Å². The molecule has 3 rings (SSSR count). The normalized spacial score (nSPS) is 10.7. The smallest absolute Gasteiger partial charge is 0.222 e. The van der Waals surface area contributed by atoms with Crippen LogP contribution in [0.5, 0.6) is 0 Å². The van der Waals surface area contributed by atoms with E-state index in [4.69, 9.17) is 28.9 Å². The van der Waals surface area contributed by atoms with Crippen molar-refractivity contribution in [2.75, 3.05) is 17.6 Å². The molecule has 0 radical (unpaired) electrons. The first-order chi connectivity index (χ1) is 12.0. The van der Waals surface area contributed by atoms with Gasteiger partial charge in [0.05, 0.1) is 5.69 Å². The lowest BCUT2D eigenvalue weighted by molar-refractivity contribution is 1.00. The van der Waals surface area contributed by atoms with Gasteiger partial charge in [-0.3, -0.25) is 0 Å². The molecule has 0 saturated carbocycles. The van der Waals surface area contributed by atoms with Crippen LogP contribution in [-0.4, -0.2) is 16.5 Å². The van der Waals surface area contributed by atoms with E-state index in [0.717, 1.165) is 34.8 Å². The number of benzene rings is 2. The summed E-state index contributed by atoms with van der Waals surface area (Å²) >= 11 is 12.0. The summed E-state index contributed by atoms with van der Waals surface area (Å²) < 4.78 is 0. The van der Waals surface area contributed by atoms with Gasteiger partial charge in [-0.05, 0) is 48.7 Å². The van der Waals surface area contributed by atoms with Crippen molar-refractivity contribution in [2.45, 2.75) is 13.3 Å². The Labute approximate surface area is 157 Å². The summed E-state index contributed by atoms with van der Waals surface area (Å²) in [7, 11) is 0. The third kappa shape index (κ3) is 4.62. The molecule has 6 heteroatoms. The Morgan fingerprint density at radius 2 is 1.68 bits per heavy atom. The highest BCUT2D eigenvalue weighted by atomic mass is 35.5. The van der Waals surface area contributed by atoms with Crippen molar-refractivity contribution in [3.8, 4) is 11.3 Å². The van der Waals surface area contributed by atoms with Gasteiger partial charge in [-0.25, -0.2) is 4.98 Å². The van der Waals surface area contributed by atoms with Gasteiger partial charge >= 0.3 is 0 Å². The van der Waals surface area contributed by atoms with Crippen molar-refractivity contribution in [3.05, 3.63) is 69.7 Å². The second-order valence-corrected chi connectivity index (χ2v) is 6.63. The molecular formula is C19H18Cl2N4. The van der Waals surface area contributed by atoms with E-state index in [0.29, 0.717) is 10.8 Å². The number of nitrogens with one attached hydrogen (secondary N) is 1. The Kier molecular flexibility index (Phi) is 5.41. The van der Waals surface area contributed by atoms with Gasteiger partial charge in [0.15, 0.2) is 0 Å². The largest absolute Gasteiger partial charge is 0.370 e. The lowest BCUT2D eigenvalue weighted by Gasteiger charge is -2.10. The number of anilines is 2. The van der Waals surface area contributed by atoms with Crippen LogP contribution >= 0.6 is 23.2 Å². The highest BCUT2D eigenvalue weighted by Crippen LogP contribution is 2.27. The number of halogens is 2. The predicted octanol–water partition coefficient (Wildman–Crippen LogP) is 5.00. The Balaban J connectivity index is 1.75. The van der Waals surface area contributed by atoms with Crippen molar-refractivity contribution in [3.63, 3.8) is 0 Å². The first kappa shape index (κ1) is 17.5. The average molecular weight is 373 g/mol. The molecule has 0 saturated heterocycles. The Bertz CT molecular complexity index is 879. The molecule has 0 aliphatic carbocycles. The molecule has 1 heterocycles. The van der Waals surface area contributed by atoms with Crippen LogP contribution in [0.3, 0.4) is 0 Å². The average Bonchev–Trinajstić information content (AvgIpc) is 2.58.